The van der Waals surface area contributed by atoms with Gasteiger partial charge >= 0.3 is 11.9 Å². The monoisotopic (exact) mass is 158 g/mol. The number of aliphatic carboxylic acids is 1. The number of carbonyl (C=O) groups is 2. The number of carboxylic acids is 1. The van der Waals surface area contributed by atoms with E-state index in [4.69, 9.17) is 5.11 Å². The zero-order valence-corrected chi connectivity index (χ0v) is 6.40. The zero-order chi connectivity index (χ0) is 8.59. The number of hydrogen-bond acceptors (Lipinski definition) is 3. The van der Waals surface area contributed by atoms with Gasteiger partial charge in [-0.15, -0.1) is 0 Å². The van der Waals surface area contributed by atoms with Gasteiger partial charge in [-0.05, 0) is 5.92 Å². The molecule has 4 heteroatoms. The van der Waals surface area contributed by atoms with Crippen LogP contribution in [-0.2, 0) is 14.3 Å². The molecule has 2 atom stereocenters. The molecule has 1 fully saturated rings. The molecule has 0 spiro atoms. The van der Waals surface area contributed by atoms with E-state index in [0.29, 0.717) is 0 Å². The lowest BCUT2D eigenvalue weighted by molar-refractivity contribution is -0.199. The molecule has 0 aliphatic carbocycles. The summed E-state index contributed by atoms with van der Waals surface area (Å²) in [4.78, 5) is 21.1. The average molecular weight is 158 g/mol. The molecular weight excluding hydrogens is 148 g/mol. The molecule has 0 aromatic heterocycles. The lowest BCUT2D eigenvalue weighted by Crippen LogP contribution is -2.52. The highest BCUT2D eigenvalue weighted by Gasteiger charge is 2.48. The molecule has 11 heavy (non-hydrogen) atoms. The average Bonchev–Trinajstić information content (AvgIpc) is 1.80. The maximum Gasteiger partial charge on any atom is 0.345 e. The second kappa shape index (κ2) is 2.53. The molecule has 4 nitrogen and oxygen atoms in total. The van der Waals surface area contributed by atoms with Gasteiger partial charge in [0.1, 0.15) is 5.92 Å². The van der Waals surface area contributed by atoms with Crippen LogP contribution in [0, 0.1) is 11.8 Å². The van der Waals surface area contributed by atoms with E-state index < -0.39 is 24.0 Å². The Labute approximate surface area is 64.2 Å². The standard InChI is InChI=1S/C7H10O4/c1-3(2)4-5(6(8)9)11-7(4)10/h3-5H,1-2H3,(H,8,9)/t4?,5-/m1/s1. The van der Waals surface area contributed by atoms with Crippen LogP contribution in [0.5, 0.6) is 0 Å². The molecule has 1 N–H and O–H groups in total. The molecular formula is C7H10O4. The Morgan fingerprint density at radius 2 is 2.18 bits per heavy atom. The fraction of sp³-hybridized carbons (Fsp3) is 0.714. The first kappa shape index (κ1) is 8.04. The highest BCUT2D eigenvalue weighted by Crippen LogP contribution is 2.29. The summed E-state index contributed by atoms with van der Waals surface area (Å²) in [7, 11) is 0. The lowest BCUT2D eigenvalue weighted by Gasteiger charge is -2.34. The molecule has 0 amide bonds. The Morgan fingerprint density at radius 1 is 1.64 bits per heavy atom. The summed E-state index contributed by atoms with van der Waals surface area (Å²) in [5.41, 5.74) is 0. The smallest absolute Gasteiger partial charge is 0.345 e. The van der Waals surface area contributed by atoms with E-state index >= 15 is 0 Å². The molecule has 0 bridgehead atoms. The van der Waals surface area contributed by atoms with Crippen molar-refractivity contribution in [3.8, 4) is 0 Å². The zero-order valence-electron chi connectivity index (χ0n) is 6.40. The molecule has 0 aromatic rings. The van der Waals surface area contributed by atoms with Crippen LogP contribution in [0.3, 0.4) is 0 Å². The summed E-state index contributed by atoms with van der Waals surface area (Å²) in [6, 6.07) is 0. The SMILES string of the molecule is CC(C)C1C(=O)O[C@H]1C(=O)O. The van der Waals surface area contributed by atoms with E-state index in [0.717, 1.165) is 0 Å². The van der Waals surface area contributed by atoms with Crippen molar-refractivity contribution in [2.75, 3.05) is 0 Å². The molecule has 1 rings (SSSR count). The Morgan fingerprint density at radius 3 is 2.36 bits per heavy atom. The van der Waals surface area contributed by atoms with Gasteiger partial charge in [0.05, 0.1) is 0 Å². The van der Waals surface area contributed by atoms with Crippen molar-refractivity contribution in [2.24, 2.45) is 11.8 Å². The van der Waals surface area contributed by atoms with Crippen LogP contribution in [-0.4, -0.2) is 23.1 Å². The van der Waals surface area contributed by atoms with Crippen molar-refractivity contribution in [1.82, 2.24) is 0 Å². The van der Waals surface area contributed by atoms with E-state index in [1.807, 2.05) is 0 Å². The molecule has 62 valence electrons. The highest BCUT2D eigenvalue weighted by atomic mass is 16.6. The van der Waals surface area contributed by atoms with Crippen LogP contribution in [0.15, 0.2) is 0 Å². The lowest BCUT2D eigenvalue weighted by atomic mass is 9.86. The Hall–Kier alpha value is -1.06. The first-order valence-electron chi connectivity index (χ1n) is 3.47. The van der Waals surface area contributed by atoms with E-state index in [9.17, 15) is 9.59 Å². The second-order valence-corrected chi connectivity index (χ2v) is 2.97. The topological polar surface area (TPSA) is 63.6 Å². The summed E-state index contributed by atoms with van der Waals surface area (Å²) in [5, 5.41) is 8.49. The van der Waals surface area contributed by atoms with Crippen LogP contribution in [0.25, 0.3) is 0 Å². The van der Waals surface area contributed by atoms with Gasteiger partial charge in [0.15, 0.2) is 0 Å². The van der Waals surface area contributed by atoms with Gasteiger partial charge in [0.2, 0.25) is 6.10 Å². The number of carbonyl (C=O) groups excluding carboxylic acids is 1. The minimum absolute atomic E-state index is 0.0392. The van der Waals surface area contributed by atoms with Gasteiger partial charge in [-0.3, -0.25) is 4.79 Å². The van der Waals surface area contributed by atoms with Crippen LogP contribution < -0.4 is 0 Å². The number of ether oxygens (including phenoxy) is 1. The molecule has 1 unspecified atom stereocenters. The summed E-state index contributed by atoms with van der Waals surface area (Å²) >= 11 is 0. The molecule has 0 radical (unpaired) electrons. The van der Waals surface area contributed by atoms with Crippen molar-refractivity contribution in [1.29, 1.82) is 0 Å². The third-order valence-corrected chi connectivity index (χ3v) is 1.80. The predicted molar refractivity (Wildman–Crippen MR) is 35.8 cm³/mol. The minimum atomic E-state index is -1.05. The maximum absolute atomic E-state index is 10.7. The van der Waals surface area contributed by atoms with Crippen LogP contribution in [0.1, 0.15) is 13.8 Å². The van der Waals surface area contributed by atoms with Crippen LogP contribution in [0.4, 0.5) is 0 Å². The molecule has 1 aliphatic rings. The molecule has 1 aliphatic heterocycles. The van der Waals surface area contributed by atoms with Gasteiger partial charge in [0.25, 0.3) is 0 Å². The van der Waals surface area contributed by atoms with Gasteiger partial charge in [-0.25, -0.2) is 4.79 Å². The number of rotatable bonds is 2. The van der Waals surface area contributed by atoms with Crippen molar-refractivity contribution in [3.63, 3.8) is 0 Å². The predicted octanol–water partition coefficient (Wildman–Crippen LogP) is 0.269. The largest absolute Gasteiger partial charge is 0.478 e. The van der Waals surface area contributed by atoms with Crippen molar-refractivity contribution in [3.05, 3.63) is 0 Å². The van der Waals surface area contributed by atoms with Gasteiger partial charge in [-0.1, -0.05) is 13.8 Å². The van der Waals surface area contributed by atoms with E-state index in [2.05, 4.69) is 4.74 Å². The molecule has 0 saturated carbocycles. The van der Waals surface area contributed by atoms with E-state index in [1.54, 1.807) is 13.8 Å². The third-order valence-electron chi connectivity index (χ3n) is 1.80. The minimum Gasteiger partial charge on any atom is -0.478 e. The highest BCUT2D eigenvalue weighted by molar-refractivity contribution is 5.90. The summed E-state index contributed by atoms with van der Waals surface area (Å²) in [5.74, 6) is -1.86. The van der Waals surface area contributed by atoms with Crippen molar-refractivity contribution in [2.45, 2.75) is 20.0 Å². The van der Waals surface area contributed by atoms with Crippen molar-refractivity contribution >= 4 is 11.9 Å². The Bertz CT molecular complexity index is 197. The van der Waals surface area contributed by atoms with Crippen molar-refractivity contribution < 1.29 is 19.4 Å². The molecule has 0 aromatic carbocycles. The first-order chi connectivity index (χ1) is 5.04. The molecule has 1 heterocycles. The van der Waals surface area contributed by atoms with Gasteiger partial charge < -0.3 is 9.84 Å². The van der Waals surface area contributed by atoms with Gasteiger partial charge in [-0.2, -0.15) is 0 Å². The van der Waals surface area contributed by atoms with E-state index in [1.165, 1.54) is 0 Å². The summed E-state index contributed by atoms with van der Waals surface area (Å²) < 4.78 is 4.44. The number of hydrogen-bond donors (Lipinski definition) is 1. The maximum atomic E-state index is 10.7. The molecule has 1 saturated heterocycles. The number of cyclic esters (lactones) is 1. The quantitative estimate of drug-likeness (QED) is 0.586. The van der Waals surface area contributed by atoms with E-state index in [-0.39, 0.29) is 5.92 Å². The summed E-state index contributed by atoms with van der Waals surface area (Å²) in [6.45, 7) is 3.61. The normalized spacial score (nSPS) is 29.5. The number of carboxylic acid groups (broad SMARTS) is 1. The fourth-order valence-corrected chi connectivity index (χ4v) is 1.15. The van der Waals surface area contributed by atoms with Crippen LogP contribution in [0.2, 0.25) is 0 Å². The first-order valence-corrected chi connectivity index (χ1v) is 3.47. The third kappa shape index (κ3) is 1.20. The fourth-order valence-electron chi connectivity index (χ4n) is 1.15. The second-order valence-electron chi connectivity index (χ2n) is 2.97. The Kier molecular flexibility index (Phi) is 1.85. The summed E-state index contributed by atoms with van der Waals surface area (Å²) in [6.07, 6.45) is -0.914. The Balaban J connectivity index is 2.62. The van der Waals surface area contributed by atoms with Gasteiger partial charge in [0, 0.05) is 0 Å². The van der Waals surface area contributed by atoms with Crippen LogP contribution >= 0.6 is 0 Å². The number of esters is 1.